The van der Waals surface area contributed by atoms with E-state index in [1.165, 1.54) is 18.2 Å². The van der Waals surface area contributed by atoms with Crippen LogP contribution in [0.2, 0.25) is 0 Å². The number of amides is 1. The summed E-state index contributed by atoms with van der Waals surface area (Å²) in [4.78, 5) is 24.8. The molecule has 1 aromatic carbocycles. The van der Waals surface area contributed by atoms with E-state index in [0.29, 0.717) is 0 Å². The second-order valence-corrected chi connectivity index (χ2v) is 7.19. The van der Waals surface area contributed by atoms with Crippen molar-refractivity contribution in [3.8, 4) is 0 Å². The van der Waals surface area contributed by atoms with Crippen molar-refractivity contribution in [2.24, 2.45) is 0 Å². The highest BCUT2D eigenvalue weighted by Gasteiger charge is 2.40. The molecule has 3 N–H and O–H groups in total. The Morgan fingerprint density at radius 3 is 2.48 bits per heavy atom. The van der Waals surface area contributed by atoms with E-state index in [2.05, 4.69) is 0 Å². The Balaban J connectivity index is 2.17. The molecule has 0 radical (unpaired) electrons. The van der Waals surface area contributed by atoms with Crippen LogP contribution in [-0.4, -0.2) is 56.4 Å². The molecular weight excluding hydrogens is 353 g/mol. The number of halogens is 1. The molecule has 1 aromatic rings. The molecule has 0 bridgehead atoms. The van der Waals surface area contributed by atoms with E-state index in [0.717, 1.165) is 5.56 Å². The number of nitrogens with zero attached hydrogens (tertiary/aromatic N) is 1. The lowest BCUT2D eigenvalue weighted by atomic mass is 9.90. The van der Waals surface area contributed by atoms with E-state index >= 15 is 0 Å². The van der Waals surface area contributed by atoms with Crippen molar-refractivity contribution in [2.45, 2.75) is 63.3 Å². The molecule has 0 unspecified atom stereocenters. The molecule has 0 aliphatic carbocycles. The lowest BCUT2D eigenvalue weighted by molar-refractivity contribution is -0.139. The van der Waals surface area contributed by atoms with Gasteiger partial charge in [0.1, 0.15) is 5.82 Å². The zero-order valence-corrected chi connectivity index (χ0v) is 15.5. The second-order valence-electron chi connectivity index (χ2n) is 7.19. The van der Waals surface area contributed by atoms with Crippen LogP contribution >= 0.6 is 0 Å². The summed E-state index contributed by atoms with van der Waals surface area (Å²) in [5.74, 6) is -1.68. The Kier molecular flexibility index (Phi) is 7.10. The summed E-state index contributed by atoms with van der Waals surface area (Å²) < 4.78 is 13.2. The lowest BCUT2D eigenvalue weighted by Crippen LogP contribution is -2.39. The summed E-state index contributed by atoms with van der Waals surface area (Å²) in [5, 5.41) is 28.4. The molecule has 7 heteroatoms. The monoisotopic (exact) mass is 379 g/mol. The quantitative estimate of drug-likeness (QED) is 0.601. The number of carboxylic acid groups (broad SMARTS) is 1. The van der Waals surface area contributed by atoms with Gasteiger partial charge in [-0.2, -0.15) is 0 Å². The Bertz CT molecular complexity index is 688. The molecule has 4 atom stereocenters. The number of carbonyl (C=O) groups excluding carboxylic acids is 1. The number of hydrogen-bond donors (Lipinski definition) is 3. The molecule has 148 valence electrons. The summed E-state index contributed by atoms with van der Waals surface area (Å²) in [6.07, 6.45) is 0.767. The fourth-order valence-electron chi connectivity index (χ4n) is 3.54. The molecule has 1 heterocycles. The predicted octanol–water partition coefficient (Wildman–Crippen LogP) is 2.06. The van der Waals surface area contributed by atoms with Gasteiger partial charge in [-0.15, -0.1) is 0 Å². The number of benzene rings is 1. The average molecular weight is 379 g/mol. The predicted molar refractivity (Wildman–Crippen MR) is 97.6 cm³/mol. The van der Waals surface area contributed by atoms with E-state index in [4.69, 9.17) is 5.11 Å². The third kappa shape index (κ3) is 5.61. The molecule has 1 amide bonds. The van der Waals surface area contributed by atoms with Crippen molar-refractivity contribution in [2.75, 3.05) is 0 Å². The Labute approximate surface area is 157 Å². The van der Waals surface area contributed by atoms with Gasteiger partial charge in [0.2, 0.25) is 5.91 Å². The number of carbonyl (C=O) groups is 2. The van der Waals surface area contributed by atoms with Gasteiger partial charge in [0, 0.05) is 24.8 Å². The summed E-state index contributed by atoms with van der Waals surface area (Å²) in [6.45, 7) is 3.80. The maximum Gasteiger partial charge on any atom is 0.305 e. The van der Waals surface area contributed by atoms with Crippen LogP contribution in [0.5, 0.6) is 0 Å². The number of rotatable bonds is 8. The van der Waals surface area contributed by atoms with Crippen molar-refractivity contribution in [3.05, 3.63) is 47.8 Å². The van der Waals surface area contributed by atoms with E-state index in [9.17, 15) is 24.2 Å². The first-order valence-electron chi connectivity index (χ1n) is 9.02. The van der Waals surface area contributed by atoms with E-state index in [1.807, 2.05) is 13.8 Å². The van der Waals surface area contributed by atoms with E-state index < -0.39 is 24.6 Å². The minimum Gasteiger partial charge on any atom is -0.481 e. The zero-order valence-electron chi connectivity index (χ0n) is 15.5. The number of aliphatic hydroxyl groups is 2. The highest BCUT2D eigenvalue weighted by molar-refractivity contribution is 5.81. The molecule has 0 spiro atoms. The number of carboxylic acids is 1. The number of aliphatic hydroxyl groups excluding tert-OH is 2. The molecule has 27 heavy (non-hydrogen) atoms. The summed E-state index contributed by atoms with van der Waals surface area (Å²) >= 11 is 0. The first kappa shape index (κ1) is 21.1. The van der Waals surface area contributed by atoms with Gasteiger partial charge in [-0.05, 0) is 31.5 Å². The first-order chi connectivity index (χ1) is 12.7. The Morgan fingerprint density at radius 2 is 1.93 bits per heavy atom. The fraction of sp³-hybridized carbons (Fsp3) is 0.500. The molecule has 1 fully saturated rings. The normalized spacial score (nSPS) is 22.6. The van der Waals surface area contributed by atoms with E-state index in [1.54, 1.807) is 23.1 Å². The van der Waals surface area contributed by atoms with Crippen LogP contribution in [0, 0.1) is 5.82 Å². The minimum atomic E-state index is -1.15. The highest BCUT2D eigenvalue weighted by atomic mass is 19.1. The van der Waals surface area contributed by atoms with E-state index in [-0.39, 0.29) is 42.6 Å². The van der Waals surface area contributed by atoms with Crippen molar-refractivity contribution in [1.82, 2.24) is 4.90 Å². The van der Waals surface area contributed by atoms with Crippen molar-refractivity contribution < 1.29 is 29.3 Å². The summed E-state index contributed by atoms with van der Waals surface area (Å²) in [5.41, 5.74) is 0.836. The summed E-state index contributed by atoms with van der Waals surface area (Å²) in [7, 11) is 0. The maximum atomic E-state index is 13.2. The topological polar surface area (TPSA) is 98.1 Å². The first-order valence-corrected chi connectivity index (χ1v) is 9.02. The number of likely N-dealkylation sites (tertiary alicyclic amines) is 1. The molecule has 1 aliphatic heterocycles. The van der Waals surface area contributed by atoms with Crippen LogP contribution in [-0.2, 0) is 9.59 Å². The molecule has 1 aliphatic rings. The molecule has 6 nitrogen and oxygen atoms in total. The number of hydrogen-bond acceptors (Lipinski definition) is 4. The van der Waals surface area contributed by atoms with Crippen LogP contribution < -0.4 is 0 Å². The molecule has 1 saturated heterocycles. The van der Waals surface area contributed by atoms with Crippen LogP contribution in [0.15, 0.2) is 36.4 Å². The molecular formula is C20H26FNO5. The van der Waals surface area contributed by atoms with Crippen LogP contribution in [0.3, 0.4) is 0 Å². The summed E-state index contributed by atoms with van der Waals surface area (Å²) in [6, 6.07) is 5.67. The van der Waals surface area contributed by atoms with Crippen molar-refractivity contribution in [3.63, 3.8) is 0 Å². The smallest absolute Gasteiger partial charge is 0.305 e. The highest BCUT2D eigenvalue weighted by Crippen LogP contribution is 2.36. The standard InChI is InChI=1S/C20H26FNO5/c1-12(2)22-18(8-7-15(23)9-16(24)10-20(26)27)17(11-19(22)25)13-3-5-14(21)6-4-13/h3-8,12,15-18,23-24H,9-11H2,1-2H3,(H,26,27)/t15-,16-,17+,18+/m1/s1. The lowest BCUT2D eigenvalue weighted by Gasteiger charge is -2.29. The Morgan fingerprint density at radius 1 is 1.30 bits per heavy atom. The molecule has 2 rings (SSSR count). The zero-order chi connectivity index (χ0) is 20.1. The molecule has 0 aromatic heterocycles. The van der Waals surface area contributed by atoms with Gasteiger partial charge in [-0.1, -0.05) is 24.3 Å². The minimum absolute atomic E-state index is 0.0191. The SMILES string of the molecule is CC(C)N1C(=O)C[C@@H](c2ccc(F)cc2)[C@@H]1C=C[C@@H](O)C[C@@H](O)CC(=O)O. The van der Waals surface area contributed by atoms with Crippen molar-refractivity contribution >= 4 is 11.9 Å². The van der Waals surface area contributed by atoms with Gasteiger partial charge in [0.25, 0.3) is 0 Å². The van der Waals surface area contributed by atoms with Gasteiger partial charge in [0.05, 0.1) is 24.7 Å². The molecule has 0 saturated carbocycles. The Hall–Kier alpha value is -2.25. The van der Waals surface area contributed by atoms with Crippen LogP contribution in [0.1, 0.15) is 44.6 Å². The van der Waals surface area contributed by atoms with Gasteiger partial charge in [-0.3, -0.25) is 9.59 Å². The third-order valence-electron chi connectivity index (χ3n) is 4.72. The number of aliphatic carboxylic acids is 1. The van der Waals surface area contributed by atoms with Crippen LogP contribution in [0.4, 0.5) is 4.39 Å². The van der Waals surface area contributed by atoms with Crippen molar-refractivity contribution in [1.29, 1.82) is 0 Å². The second kappa shape index (κ2) is 9.10. The van der Waals surface area contributed by atoms with Gasteiger partial charge < -0.3 is 20.2 Å². The largest absolute Gasteiger partial charge is 0.481 e. The maximum absolute atomic E-state index is 13.2. The third-order valence-corrected chi connectivity index (χ3v) is 4.72. The van der Waals surface area contributed by atoms with Gasteiger partial charge in [-0.25, -0.2) is 4.39 Å². The average Bonchev–Trinajstić information content (AvgIpc) is 2.89. The van der Waals surface area contributed by atoms with Gasteiger partial charge in [0.15, 0.2) is 0 Å². The fourth-order valence-corrected chi connectivity index (χ4v) is 3.54. The van der Waals surface area contributed by atoms with Gasteiger partial charge >= 0.3 is 5.97 Å². The van der Waals surface area contributed by atoms with Crippen LogP contribution in [0.25, 0.3) is 0 Å².